The van der Waals surface area contributed by atoms with E-state index in [-0.39, 0.29) is 17.1 Å². The van der Waals surface area contributed by atoms with Crippen molar-refractivity contribution in [1.29, 1.82) is 5.41 Å². The minimum absolute atomic E-state index is 0.217. The lowest BCUT2D eigenvalue weighted by Crippen LogP contribution is -2.47. The van der Waals surface area contributed by atoms with Crippen LogP contribution in [0.1, 0.15) is 20.8 Å². The first-order chi connectivity index (χ1) is 9.05. The topological polar surface area (TPSA) is 112 Å². The Kier molecular flexibility index (Phi) is 7.01. The molecule has 0 heterocycles. The van der Waals surface area contributed by atoms with Crippen molar-refractivity contribution in [3.05, 3.63) is 11.4 Å². The van der Waals surface area contributed by atoms with Crippen molar-refractivity contribution in [1.82, 2.24) is 9.62 Å². The molecule has 0 spiro atoms. The van der Waals surface area contributed by atoms with E-state index >= 15 is 0 Å². The summed E-state index contributed by atoms with van der Waals surface area (Å²) in [6.45, 7) is 8.44. The van der Waals surface area contributed by atoms with Crippen LogP contribution in [0.15, 0.2) is 16.3 Å². The highest BCUT2D eigenvalue weighted by Gasteiger charge is 2.33. The number of guanidine groups is 1. The van der Waals surface area contributed by atoms with Gasteiger partial charge in [-0.15, -0.1) is 0 Å². The van der Waals surface area contributed by atoms with Crippen molar-refractivity contribution >= 4 is 34.3 Å². The molecule has 3 atom stereocenters. The molecule has 0 rings (SSSR count). The summed E-state index contributed by atoms with van der Waals surface area (Å²) in [5, 5.41) is 9.70. The highest BCUT2D eigenvalue weighted by atomic mass is 35.5. The molecule has 0 aromatic rings. The van der Waals surface area contributed by atoms with Gasteiger partial charge < -0.3 is 11.1 Å². The van der Waals surface area contributed by atoms with E-state index in [2.05, 4.69) is 17.0 Å². The normalized spacial score (nSPS) is 16.9. The molecule has 1 unspecified atom stereocenters. The molecule has 0 saturated carbocycles. The number of nitrogens with zero attached hydrogens (tertiary/aromatic N) is 2. The van der Waals surface area contributed by atoms with Gasteiger partial charge in [0.05, 0.1) is 11.4 Å². The summed E-state index contributed by atoms with van der Waals surface area (Å²) in [6, 6.07) is -0.217. The van der Waals surface area contributed by atoms with Crippen molar-refractivity contribution in [2.45, 2.75) is 32.1 Å². The number of aliphatic imine (C=N–C) groups is 1. The van der Waals surface area contributed by atoms with Gasteiger partial charge in [-0.3, -0.25) is 10.4 Å². The van der Waals surface area contributed by atoms with Crippen molar-refractivity contribution in [3.63, 3.8) is 0 Å². The van der Waals surface area contributed by atoms with E-state index < -0.39 is 21.2 Å². The van der Waals surface area contributed by atoms with Gasteiger partial charge in [0.15, 0.2) is 0 Å². The Morgan fingerprint density at radius 1 is 1.50 bits per heavy atom. The lowest BCUT2D eigenvalue weighted by Gasteiger charge is -2.30. The third-order valence-electron chi connectivity index (χ3n) is 3.29. The maximum Gasteiger partial charge on any atom is 0.240 e. The molecular formula is C11H22ClN5O2S. The van der Waals surface area contributed by atoms with E-state index in [1.807, 2.05) is 6.92 Å². The standard InChI is InChI=1S/C11H22ClN5O2S/c1-7(8(2)16-10(12)6-15-4)9(3)20(18,19)17(5)11(13)14/h6-9,16H,4H2,1-3,5H3,(H3,13,14)/b10-6-/t7-,8?,9-/m0/s1. The van der Waals surface area contributed by atoms with Crippen molar-refractivity contribution in [3.8, 4) is 0 Å². The molecule has 4 N–H and O–H groups in total. The predicted molar refractivity (Wildman–Crippen MR) is 83.3 cm³/mol. The van der Waals surface area contributed by atoms with Crippen molar-refractivity contribution in [2.75, 3.05) is 7.05 Å². The summed E-state index contributed by atoms with van der Waals surface area (Å²) in [7, 11) is -2.43. The van der Waals surface area contributed by atoms with Crippen LogP contribution in [0.25, 0.3) is 0 Å². The minimum Gasteiger partial charge on any atom is -0.372 e. The molecule has 0 fully saturated rings. The lowest BCUT2D eigenvalue weighted by molar-refractivity contribution is 0.408. The van der Waals surface area contributed by atoms with Crippen molar-refractivity contribution in [2.24, 2.45) is 16.6 Å². The lowest BCUT2D eigenvalue weighted by atomic mass is 10.0. The fraction of sp³-hybridized carbons (Fsp3) is 0.636. The van der Waals surface area contributed by atoms with Gasteiger partial charge in [0.2, 0.25) is 16.0 Å². The molecule has 0 amide bonds. The first kappa shape index (κ1) is 18.7. The Hall–Kier alpha value is -1.28. The molecule has 0 bridgehead atoms. The Balaban J connectivity index is 5.02. The number of rotatable bonds is 7. The zero-order chi connectivity index (χ0) is 16.1. The Labute approximate surface area is 125 Å². The van der Waals surface area contributed by atoms with Crippen LogP contribution in [-0.4, -0.2) is 43.7 Å². The molecule has 0 saturated heterocycles. The summed E-state index contributed by atoms with van der Waals surface area (Å²) in [5.74, 6) is -0.785. The molecular weight excluding hydrogens is 302 g/mol. The van der Waals surface area contributed by atoms with Gasteiger partial charge >= 0.3 is 0 Å². The van der Waals surface area contributed by atoms with Crippen LogP contribution in [0, 0.1) is 11.3 Å². The van der Waals surface area contributed by atoms with Gasteiger partial charge in [0.25, 0.3) is 0 Å². The Morgan fingerprint density at radius 2 is 2.00 bits per heavy atom. The van der Waals surface area contributed by atoms with E-state index in [1.54, 1.807) is 13.8 Å². The minimum atomic E-state index is -3.69. The van der Waals surface area contributed by atoms with Gasteiger partial charge in [0, 0.05) is 13.1 Å². The molecule has 116 valence electrons. The summed E-state index contributed by atoms with van der Waals surface area (Å²) in [4.78, 5) is 3.52. The van der Waals surface area contributed by atoms with E-state index in [0.29, 0.717) is 0 Å². The maximum atomic E-state index is 12.2. The summed E-state index contributed by atoms with van der Waals surface area (Å²) in [5.41, 5.74) is 5.22. The number of nitrogens with two attached hydrogens (primary N) is 1. The molecule has 0 aromatic heterocycles. The number of hydrogen-bond acceptors (Lipinski definition) is 5. The second-order valence-corrected chi connectivity index (χ2v) is 7.28. The van der Waals surface area contributed by atoms with Crippen LogP contribution in [-0.2, 0) is 10.0 Å². The zero-order valence-electron chi connectivity index (χ0n) is 12.1. The Morgan fingerprint density at radius 3 is 2.40 bits per heavy atom. The van der Waals surface area contributed by atoms with Crippen LogP contribution >= 0.6 is 11.6 Å². The predicted octanol–water partition coefficient (Wildman–Crippen LogP) is 0.882. The van der Waals surface area contributed by atoms with Gasteiger partial charge in [-0.2, -0.15) is 0 Å². The smallest absolute Gasteiger partial charge is 0.240 e. The first-order valence-electron chi connectivity index (χ1n) is 5.95. The maximum absolute atomic E-state index is 12.2. The molecule has 9 heteroatoms. The second-order valence-electron chi connectivity index (χ2n) is 4.55. The SMILES string of the molecule is C=N/C=C(/Cl)NC(C)[C@H](C)[C@H](C)S(=O)(=O)N(C)C(=N)N. The molecule has 0 aliphatic heterocycles. The monoisotopic (exact) mass is 323 g/mol. The van der Waals surface area contributed by atoms with Gasteiger partial charge in [-0.1, -0.05) is 18.5 Å². The number of halogens is 1. The number of sulfonamides is 1. The largest absolute Gasteiger partial charge is 0.372 e. The third-order valence-corrected chi connectivity index (χ3v) is 5.83. The quantitative estimate of drug-likeness (QED) is 0.367. The summed E-state index contributed by atoms with van der Waals surface area (Å²) in [6.07, 6.45) is 1.34. The highest BCUT2D eigenvalue weighted by molar-refractivity contribution is 7.90. The summed E-state index contributed by atoms with van der Waals surface area (Å²) >= 11 is 5.85. The fourth-order valence-electron chi connectivity index (χ4n) is 1.53. The molecule has 0 aromatic carbocycles. The van der Waals surface area contributed by atoms with Crippen molar-refractivity contribution < 1.29 is 8.42 Å². The van der Waals surface area contributed by atoms with Gasteiger partial charge in [-0.25, -0.2) is 12.7 Å². The fourth-order valence-corrected chi connectivity index (χ4v) is 3.32. The third kappa shape index (κ3) is 4.68. The average molecular weight is 324 g/mol. The average Bonchev–Trinajstić information content (AvgIpc) is 2.35. The molecule has 20 heavy (non-hydrogen) atoms. The van der Waals surface area contributed by atoms with E-state index in [9.17, 15) is 8.42 Å². The number of hydrogen-bond donors (Lipinski definition) is 3. The molecule has 0 radical (unpaired) electrons. The van der Waals surface area contributed by atoms with E-state index in [4.69, 9.17) is 22.7 Å². The van der Waals surface area contributed by atoms with E-state index in [0.717, 1.165) is 4.31 Å². The summed E-state index contributed by atoms with van der Waals surface area (Å²) < 4.78 is 25.2. The zero-order valence-corrected chi connectivity index (χ0v) is 13.7. The number of nitrogens with one attached hydrogen (secondary N) is 2. The molecule has 0 aliphatic rings. The van der Waals surface area contributed by atoms with Crippen LogP contribution < -0.4 is 11.1 Å². The molecule has 0 aliphatic carbocycles. The van der Waals surface area contributed by atoms with Crippen LogP contribution in [0.2, 0.25) is 0 Å². The van der Waals surface area contributed by atoms with E-state index in [1.165, 1.54) is 13.2 Å². The Bertz CT molecular complexity index is 491. The van der Waals surface area contributed by atoms with Crippen LogP contribution in [0.3, 0.4) is 0 Å². The second kappa shape index (κ2) is 7.49. The highest BCUT2D eigenvalue weighted by Crippen LogP contribution is 2.20. The van der Waals surface area contributed by atoms with Crippen LogP contribution in [0.4, 0.5) is 0 Å². The van der Waals surface area contributed by atoms with Gasteiger partial charge in [-0.05, 0) is 26.5 Å². The molecule has 7 nitrogen and oxygen atoms in total. The first-order valence-corrected chi connectivity index (χ1v) is 7.83. The van der Waals surface area contributed by atoms with Gasteiger partial charge in [0.1, 0.15) is 5.16 Å². The van der Waals surface area contributed by atoms with Crippen LogP contribution in [0.5, 0.6) is 0 Å².